The fourth-order valence-electron chi connectivity index (χ4n) is 3.38. The van der Waals surface area contributed by atoms with Crippen LogP contribution in [0.4, 0.5) is 0 Å². The predicted molar refractivity (Wildman–Crippen MR) is 118 cm³/mol. The van der Waals surface area contributed by atoms with Crippen LogP contribution in [0.3, 0.4) is 0 Å². The number of hydrogen-bond acceptors (Lipinski definition) is 3. The first kappa shape index (κ1) is 21.7. The lowest BCUT2D eigenvalue weighted by Gasteiger charge is -2.42. The average Bonchev–Trinajstić information content (AvgIpc) is 3.40. The van der Waals surface area contributed by atoms with E-state index in [2.05, 4.69) is 35.8 Å². The molecule has 0 amide bonds. The molecule has 1 aromatic rings. The Kier molecular flexibility index (Phi) is 7.59. The lowest BCUT2D eigenvalue weighted by atomic mass is 10.0. The highest BCUT2D eigenvalue weighted by Gasteiger charge is 2.32. The minimum absolute atomic E-state index is 0. The number of nitrogens with zero attached hydrogens (tertiary/aromatic N) is 3. The zero-order valence-corrected chi connectivity index (χ0v) is 18.9. The maximum absolute atomic E-state index is 6.20. The highest BCUT2D eigenvalue weighted by Crippen LogP contribution is 2.29. The van der Waals surface area contributed by atoms with Crippen LogP contribution in [0.25, 0.3) is 0 Å². The van der Waals surface area contributed by atoms with Crippen molar-refractivity contribution in [2.45, 2.75) is 44.4 Å². The molecule has 1 aliphatic carbocycles. The van der Waals surface area contributed by atoms with Gasteiger partial charge in [0.2, 0.25) is 0 Å². The lowest BCUT2D eigenvalue weighted by molar-refractivity contribution is -0.0967. The van der Waals surface area contributed by atoms with Crippen molar-refractivity contribution in [3.63, 3.8) is 0 Å². The van der Waals surface area contributed by atoms with Crippen LogP contribution in [0.15, 0.2) is 29.3 Å². The van der Waals surface area contributed by atoms with Gasteiger partial charge in [0.15, 0.2) is 5.96 Å². The van der Waals surface area contributed by atoms with E-state index in [1.54, 1.807) is 0 Å². The van der Waals surface area contributed by atoms with Crippen LogP contribution in [-0.4, -0.2) is 60.7 Å². The molecule has 2 aliphatic rings. The van der Waals surface area contributed by atoms with E-state index in [4.69, 9.17) is 27.1 Å². The van der Waals surface area contributed by atoms with Crippen molar-refractivity contribution < 1.29 is 4.74 Å². The highest BCUT2D eigenvalue weighted by atomic mass is 127. The van der Waals surface area contributed by atoms with E-state index in [0.717, 1.165) is 24.7 Å². The lowest BCUT2D eigenvalue weighted by Crippen LogP contribution is -2.50. The number of morpholine rings is 1. The Morgan fingerprint density at radius 1 is 1.38 bits per heavy atom. The maximum Gasteiger partial charge on any atom is 0.191 e. The van der Waals surface area contributed by atoms with Crippen LogP contribution >= 0.6 is 35.6 Å². The summed E-state index contributed by atoms with van der Waals surface area (Å²) < 4.78 is 5.87. The summed E-state index contributed by atoms with van der Waals surface area (Å²) >= 11 is 6.07. The third-order valence-corrected chi connectivity index (χ3v) is 5.28. The van der Waals surface area contributed by atoms with Crippen molar-refractivity contribution in [3.8, 4) is 0 Å². The maximum atomic E-state index is 6.20. The molecular weight excluding hydrogens is 463 g/mol. The first-order valence-electron chi connectivity index (χ1n) is 9.02. The number of halogens is 2. The second-order valence-electron chi connectivity index (χ2n) is 7.69. The molecule has 2 N–H and O–H groups in total. The summed E-state index contributed by atoms with van der Waals surface area (Å²) in [5, 5.41) is 0.751. The summed E-state index contributed by atoms with van der Waals surface area (Å²) in [4.78, 5) is 9.26. The smallest absolute Gasteiger partial charge is 0.191 e. The monoisotopic (exact) mass is 492 g/mol. The Morgan fingerprint density at radius 3 is 2.62 bits per heavy atom. The van der Waals surface area contributed by atoms with Gasteiger partial charge in [0.25, 0.3) is 0 Å². The van der Waals surface area contributed by atoms with Gasteiger partial charge < -0.3 is 15.4 Å². The molecule has 0 spiro atoms. The van der Waals surface area contributed by atoms with Gasteiger partial charge >= 0.3 is 0 Å². The number of rotatable bonds is 5. The normalized spacial score (nSPS) is 21.8. The molecule has 5 nitrogen and oxygen atoms in total. The van der Waals surface area contributed by atoms with E-state index < -0.39 is 0 Å². The van der Waals surface area contributed by atoms with Gasteiger partial charge in [0.05, 0.1) is 24.8 Å². The average molecular weight is 493 g/mol. The van der Waals surface area contributed by atoms with Crippen molar-refractivity contribution >= 4 is 41.5 Å². The van der Waals surface area contributed by atoms with Gasteiger partial charge in [0, 0.05) is 31.2 Å². The van der Waals surface area contributed by atoms with Gasteiger partial charge in [0.1, 0.15) is 0 Å². The van der Waals surface area contributed by atoms with Crippen LogP contribution in [-0.2, 0) is 4.74 Å². The van der Waals surface area contributed by atoms with E-state index in [9.17, 15) is 0 Å². The number of nitrogens with two attached hydrogens (primary N) is 1. The molecule has 0 bridgehead atoms. The summed E-state index contributed by atoms with van der Waals surface area (Å²) in [7, 11) is 2.03. The molecule has 1 saturated heterocycles. The fourth-order valence-corrected chi connectivity index (χ4v) is 3.50. The molecular formula is C19H30ClIN4O. The Balaban J connectivity index is 0.00000243. The minimum atomic E-state index is -0.150. The molecule has 1 saturated carbocycles. The van der Waals surface area contributed by atoms with Crippen LogP contribution in [0.5, 0.6) is 0 Å². The first-order chi connectivity index (χ1) is 11.9. The molecule has 1 aromatic carbocycles. The quantitative estimate of drug-likeness (QED) is 0.388. The molecule has 0 aromatic heterocycles. The van der Waals surface area contributed by atoms with E-state index in [1.165, 1.54) is 18.4 Å². The predicted octanol–water partition coefficient (Wildman–Crippen LogP) is 3.52. The number of aliphatic imine (C=N–C) groups is 1. The SMILES string of the molecule is CN(C(N)=NCC(c1ccc(Cl)cc1)N1CCOC(C)(C)C1)C1CC1.I. The zero-order chi connectivity index (χ0) is 18.0. The largest absolute Gasteiger partial charge is 0.373 e. The van der Waals surface area contributed by atoms with E-state index in [0.29, 0.717) is 18.5 Å². The first-order valence-corrected chi connectivity index (χ1v) is 9.40. The standard InChI is InChI=1S/C19H29ClN4O.HI/c1-19(2)13-24(10-11-25-19)17(14-4-6-15(20)7-5-14)12-22-18(21)23(3)16-8-9-16;/h4-7,16-17H,8-13H2,1-3H3,(H2,21,22);1H. The van der Waals surface area contributed by atoms with Crippen molar-refractivity contribution in [2.75, 3.05) is 33.3 Å². The summed E-state index contributed by atoms with van der Waals surface area (Å²) in [6.07, 6.45) is 2.43. The van der Waals surface area contributed by atoms with E-state index in [-0.39, 0.29) is 35.6 Å². The molecule has 2 fully saturated rings. The Labute approximate surface area is 178 Å². The van der Waals surface area contributed by atoms with Gasteiger partial charge in [-0.05, 0) is 44.4 Å². The molecule has 1 unspecified atom stereocenters. The molecule has 1 aliphatic heterocycles. The van der Waals surface area contributed by atoms with E-state index >= 15 is 0 Å². The highest BCUT2D eigenvalue weighted by molar-refractivity contribution is 14.0. The van der Waals surface area contributed by atoms with Gasteiger partial charge in [-0.15, -0.1) is 24.0 Å². The zero-order valence-electron chi connectivity index (χ0n) is 15.8. The summed E-state index contributed by atoms with van der Waals surface area (Å²) in [6, 6.07) is 8.81. The Bertz CT molecular complexity index is 618. The van der Waals surface area contributed by atoms with Crippen LogP contribution in [0.1, 0.15) is 38.3 Å². The molecule has 1 heterocycles. The van der Waals surface area contributed by atoms with Crippen LogP contribution < -0.4 is 5.73 Å². The molecule has 146 valence electrons. The molecule has 0 radical (unpaired) electrons. The van der Waals surface area contributed by atoms with Crippen LogP contribution in [0, 0.1) is 0 Å². The van der Waals surface area contributed by atoms with Gasteiger partial charge in [-0.25, -0.2) is 0 Å². The number of hydrogen-bond donors (Lipinski definition) is 1. The second-order valence-corrected chi connectivity index (χ2v) is 8.12. The van der Waals surface area contributed by atoms with Gasteiger partial charge in [-0.1, -0.05) is 23.7 Å². The van der Waals surface area contributed by atoms with Crippen molar-refractivity contribution in [1.29, 1.82) is 0 Å². The number of ether oxygens (including phenoxy) is 1. The molecule has 26 heavy (non-hydrogen) atoms. The minimum Gasteiger partial charge on any atom is -0.373 e. The third-order valence-electron chi connectivity index (χ3n) is 5.03. The fraction of sp³-hybridized carbons (Fsp3) is 0.632. The number of guanidine groups is 1. The summed E-state index contributed by atoms with van der Waals surface area (Å²) in [5.74, 6) is 0.633. The van der Waals surface area contributed by atoms with Gasteiger partial charge in [-0.2, -0.15) is 0 Å². The molecule has 3 rings (SSSR count). The molecule has 7 heteroatoms. The van der Waals surface area contributed by atoms with Crippen molar-refractivity contribution in [1.82, 2.24) is 9.80 Å². The van der Waals surface area contributed by atoms with Crippen LogP contribution in [0.2, 0.25) is 5.02 Å². The summed E-state index contributed by atoms with van der Waals surface area (Å²) in [5.41, 5.74) is 7.27. The summed E-state index contributed by atoms with van der Waals surface area (Å²) in [6.45, 7) is 7.41. The Morgan fingerprint density at radius 2 is 2.04 bits per heavy atom. The second kappa shape index (κ2) is 9.08. The number of benzene rings is 1. The third kappa shape index (κ3) is 5.71. The molecule has 1 atom stereocenters. The Hall–Kier alpha value is -0.570. The van der Waals surface area contributed by atoms with Gasteiger partial charge in [-0.3, -0.25) is 9.89 Å². The van der Waals surface area contributed by atoms with E-state index in [1.807, 2.05) is 19.2 Å². The topological polar surface area (TPSA) is 54.1 Å². The van der Waals surface area contributed by atoms with Crippen molar-refractivity contribution in [2.24, 2.45) is 10.7 Å². The van der Waals surface area contributed by atoms with Crippen molar-refractivity contribution in [3.05, 3.63) is 34.9 Å².